The van der Waals surface area contributed by atoms with Crippen molar-refractivity contribution in [2.75, 3.05) is 0 Å². The number of nitrogens with two attached hydrogens (primary N) is 2. The molecular weight excluding hydrogens is 821 g/mol. The van der Waals surface area contributed by atoms with E-state index < -0.39 is 5.54 Å². The molecule has 0 bridgehead atoms. The molecule has 66 heavy (non-hydrogen) atoms. The predicted molar refractivity (Wildman–Crippen MR) is 257 cm³/mol. The SMILES string of the molecule is CC(C)(N)C#Cc1ccc(-c2ncc3c(n2)-c2[nH]c4c(c2CC3)C(=O)NC2(CCC2)C4)cc1.CC(C)(N)CCc1ccc(-c2ncc3c(n2)-c2[nH]c4c(c2CC3)C(=O)NC2(CCC2)C4)cc1. The second kappa shape index (κ2) is 15.6. The van der Waals surface area contributed by atoms with Gasteiger partial charge in [0.15, 0.2) is 11.6 Å². The maximum atomic E-state index is 13.0. The Balaban J connectivity index is 0.000000146. The van der Waals surface area contributed by atoms with Crippen molar-refractivity contribution >= 4 is 11.8 Å². The summed E-state index contributed by atoms with van der Waals surface area (Å²) in [6.45, 7) is 7.89. The van der Waals surface area contributed by atoms with E-state index in [0.717, 1.165) is 167 Å². The second-order valence-electron chi connectivity index (χ2n) is 21.1. The lowest BCUT2D eigenvalue weighted by Gasteiger charge is -2.45. The number of hydrogen-bond acceptors (Lipinski definition) is 8. The molecule has 4 aromatic heterocycles. The first-order chi connectivity index (χ1) is 31.6. The molecule has 12 heteroatoms. The Morgan fingerprint density at radius 2 is 1.12 bits per heavy atom. The van der Waals surface area contributed by atoms with Crippen molar-refractivity contribution in [3.8, 4) is 57.4 Å². The molecule has 0 unspecified atom stereocenters. The van der Waals surface area contributed by atoms with Gasteiger partial charge in [0.05, 0.1) is 39.4 Å². The number of carbonyl (C=O) groups excluding carboxylic acids is 2. The minimum absolute atomic E-state index is 0.0297. The minimum Gasteiger partial charge on any atom is -0.356 e. The van der Waals surface area contributed by atoms with E-state index >= 15 is 0 Å². The normalized spacial score (nSPS) is 18.0. The van der Waals surface area contributed by atoms with Crippen LogP contribution in [0.4, 0.5) is 0 Å². The molecule has 6 aliphatic rings. The van der Waals surface area contributed by atoms with Crippen LogP contribution in [0.5, 0.6) is 0 Å². The van der Waals surface area contributed by atoms with Gasteiger partial charge in [-0.2, -0.15) is 0 Å². The molecule has 6 aromatic rings. The molecule has 2 aromatic carbocycles. The summed E-state index contributed by atoms with van der Waals surface area (Å²) in [4.78, 5) is 52.4. The van der Waals surface area contributed by atoms with Crippen molar-refractivity contribution in [2.24, 2.45) is 11.5 Å². The maximum absolute atomic E-state index is 13.0. The van der Waals surface area contributed by atoms with Crippen LogP contribution >= 0.6 is 0 Å². The summed E-state index contributed by atoms with van der Waals surface area (Å²) >= 11 is 0. The predicted octanol–water partition coefficient (Wildman–Crippen LogP) is 7.65. The first kappa shape index (κ1) is 42.2. The molecule has 0 atom stereocenters. The van der Waals surface area contributed by atoms with Crippen molar-refractivity contribution in [1.82, 2.24) is 40.5 Å². The van der Waals surface area contributed by atoms with E-state index in [0.29, 0.717) is 5.82 Å². The third-order valence-corrected chi connectivity index (χ3v) is 14.7. The number of benzene rings is 2. The Labute approximate surface area is 386 Å². The van der Waals surface area contributed by atoms with Gasteiger partial charge in [-0.05, 0) is 157 Å². The minimum atomic E-state index is -0.525. The van der Waals surface area contributed by atoms with Gasteiger partial charge in [0.2, 0.25) is 0 Å². The van der Waals surface area contributed by atoms with Crippen LogP contribution in [-0.4, -0.2) is 63.9 Å². The summed E-state index contributed by atoms with van der Waals surface area (Å²) in [6.07, 6.45) is 17.6. The topological polar surface area (TPSA) is 193 Å². The zero-order valence-electron chi connectivity index (χ0n) is 38.4. The number of carbonyl (C=O) groups is 2. The summed E-state index contributed by atoms with van der Waals surface area (Å²) in [5.41, 5.74) is 27.7. The standard InChI is InChI=1S/C27H31N5O.C27H27N5O/c2*1-26(2,28)13-10-16-4-6-17(7-5-16)24-29-15-18-8-9-19-21-20(30-23(19)22(18)31-24)14-27(11-3-12-27)32-25(21)33/h4-7,15,30H,3,8-14,28H2,1-2H3,(H,32,33);4-7,15,30H,3,8-9,11-12,14,28H2,1-2H3,(H,32,33). The molecular formula is C54H58N10O2. The number of fused-ring (bicyclic) bond motifs is 10. The fourth-order valence-corrected chi connectivity index (χ4v) is 10.7. The lowest BCUT2D eigenvalue weighted by Crippen LogP contribution is -2.58. The lowest BCUT2D eigenvalue weighted by molar-refractivity contribution is 0.0783. The molecule has 2 fully saturated rings. The number of aromatic nitrogens is 6. The molecule has 2 spiro atoms. The fourth-order valence-electron chi connectivity index (χ4n) is 10.7. The Morgan fingerprint density at radius 1 is 0.652 bits per heavy atom. The van der Waals surface area contributed by atoms with Crippen molar-refractivity contribution < 1.29 is 9.59 Å². The molecule has 2 aliphatic heterocycles. The number of nitrogens with one attached hydrogen (secondary N) is 4. The maximum Gasteiger partial charge on any atom is 0.253 e. The lowest BCUT2D eigenvalue weighted by atomic mass is 9.71. The molecule has 12 nitrogen and oxygen atoms in total. The van der Waals surface area contributed by atoms with E-state index in [2.05, 4.69) is 80.5 Å². The molecule has 0 radical (unpaired) electrons. The summed E-state index contributed by atoms with van der Waals surface area (Å²) in [7, 11) is 0. The smallest absolute Gasteiger partial charge is 0.253 e. The van der Waals surface area contributed by atoms with Crippen LogP contribution < -0.4 is 22.1 Å². The summed E-state index contributed by atoms with van der Waals surface area (Å²) in [5, 5.41) is 6.61. The van der Waals surface area contributed by atoms with Gasteiger partial charge < -0.3 is 32.1 Å². The largest absolute Gasteiger partial charge is 0.356 e. The van der Waals surface area contributed by atoms with E-state index in [4.69, 9.17) is 21.4 Å². The molecule has 4 aliphatic carbocycles. The van der Waals surface area contributed by atoms with Crippen molar-refractivity contribution in [2.45, 2.75) is 140 Å². The highest BCUT2D eigenvalue weighted by atomic mass is 16.2. The summed E-state index contributed by atoms with van der Waals surface area (Å²) < 4.78 is 0. The quantitative estimate of drug-likeness (QED) is 0.0951. The molecule has 2 saturated carbocycles. The third kappa shape index (κ3) is 7.81. The number of amides is 2. The summed E-state index contributed by atoms with van der Waals surface area (Å²) in [5.74, 6) is 7.72. The van der Waals surface area contributed by atoms with Gasteiger partial charge in [0.1, 0.15) is 0 Å². The first-order valence-electron chi connectivity index (χ1n) is 23.8. The zero-order valence-corrected chi connectivity index (χ0v) is 38.4. The van der Waals surface area contributed by atoms with E-state index in [9.17, 15) is 9.59 Å². The molecule has 336 valence electrons. The van der Waals surface area contributed by atoms with E-state index in [1.807, 2.05) is 50.5 Å². The van der Waals surface area contributed by atoms with Crippen molar-refractivity contribution in [1.29, 1.82) is 0 Å². The Bertz CT molecular complexity index is 3000. The van der Waals surface area contributed by atoms with Crippen LogP contribution in [-0.2, 0) is 44.9 Å². The van der Waals surface area contributed by atoms with Crippen molar-refractivity contribution in [3.05, 3.63) is 117 Å². The van der Waals surface area contributed by atoms with Gasteiger partial charge in [0, 0.05) is 69.9 Å². The number of nitrogens with zero attached hydrogens (tertiary/aromatic N) is 4. The number of aryl methyl sites for hydroxylation is 3. The fraction of sp³-hybridized carbons (Fsp3) is 0.407. The van der Waals surface area contributed by atoms with Crippen LogP contribution in [0.1, 0.15) is 138 Å². The average Bonchev–Trinajstić information content (AvgIpc) is 3.86. The number of H-pyrrole nitrogens is 2. The van der Waals surface area contributed by atoms with Gasteiger partial charge in [-0.15, -0.1) is 0 Å². The monoisotopic (exact) mass is 878 g/mol. The first-order valence-corrected chi connectivity index (χ1v) is 23.8. The van der Waals surface area contributed by atoms with Gasteiger partial charge in [-0.3, -0.25) is 9.59 Å². The Hall–Kier alpha value is -6.42. The third-order valence-electron chi connectivity index (χ3n) is 14.7. The average molecular weight is 879 g/mol. The van der Waals surface area contributed by atoms with Crippen LogP contribution in [0.25, 0.3) is 45.6 Å². The Kier molecular flexibility index (Phi) is 9.98. The molecule has 8 N–H and O–H groups in total. The number of rotatable bonds is 5. The van der Waals surface area contributed by atoms with Crippen LogP contribution in [0.15, 0.2) is 60.9 Å². The highest BCUT2D eigenvalue weighted by molar-refractivity contribution is 6.02. The second-order valence-corrected chi connectivity index (χ2v) is 21.1. The van der Waals surface area contributed by atoms with E-state index in [-0.39, 0.29) is 28.4 Å². The van der Waals surface area contributed by atoms with Gasteiger partial charge in [-0.25, -0.2) is 19.9 Å². The molecule has 0 saturated heterocycles. The zero-order chi connectivity index (χ0) is 45.6. The van der Waals surface area contributed by atoms with Gasteiger partial charge in [0.25, 0.3) is 11.8 Å². The number of hydrogen-bond donors (Lipinski definition) is 6. The van der Waals surface area contributed by atoms with E-state index in [1.165, 1.54) is 18.4 Å². The van der Waals surface area contributed by atoms with Gasteiger partial charge in [-0.1, -0.05) is 36.1 Å². The highest BCUT2D eigenvalue weighted by Gasteiger charge is 2.46. The van der Waals surface area contributed by atoms with Crippen LogP contribution in [0, 0.1) is 11.8 Å². The van der Waals surface area contributed by atoms with Gasteiger partial charge >= 0.3 is 0 Å². The number of aromatic amines is 2. The molecule has 2 amide bonds. The molecule has 6 heterocycles. The summed E-state index contributed by atoms with van der Waals surface area (Å²) in [6, 6.07) is 16.4. The molecule has 12 rings (SSSR count). The highest BCUT2D eigenvalue weighted by Crippen LogP contribution is 2.45. The van der Waals surface area contributed by atoms with Crippen LogP contribution in [0.3, 0.4) is 0 Å². The van der Waals surface area contributed by atoms with E-state index in [1.54, 1.807) is 0 Å². The van der Waals surface area contributed by atoms with Crippen LogP contribution in [0.2, 0.25) is 0 Å². The van der Waals surface area contributed by atoms with Crippen molar-refractivity contribution in [3.63, 3.8) is 0 Å². The Morgan fingerprint density at radius 3 is 1.55 bits per heavy atom.